The molecule has 1 rings (SSSR count). The van der Waals surface area contributed by atoms with Crippen LogP contribution in [-0.2, 0) is 9.47 Å². The van der Waals surface area contributed by atoms with Crippen LogP contribution >= 0.6 is 0 Å². The lowest BCUT2D eigenvalue weighted by Crippen LogP contribution is -2.09. The van der Waals surface area contributed by atoms with Crippen LogP contribution in [0.2, 0.25) is 0 Å². The van der Waals surface area contributed by atoms with Gasteiger partial charge in [0.2, 0.25) is 0 Å². The molecule has 0 saturated carbocycles. The van der Waals surface area contributed by atoms with Crippen molar-refractivity contribution >= 4 is 0 Å². The zero-order valence-corrected chi connectivity index (χ0v) is 10.5. The van der Waals surface area contributed by atoms with Crippen molar-refractivity contribution in [3.8, 4) is 0 Å². The van der Waals surface area contributed by atoms with Gasteiger partial charge in [-0.1, -0.05) is 31.7 Å². The Morgan fingerprint density at radius 3 is 2.47 bits per heavy atom. The van der Waals surface area contributed by atoms with E-state index in [1.54, 1.807) is 6.08 Å². The Kier molecular flexibility index (Phi) is 14.4. The van der Waals surface area contributed by atoms with Crippen LogP contribution in [0.3, 0.4) is 0 Å². The van der Waals surface area contributed by atoms with Crippen molar-refractivity contribution in [2.75, 3.05) is 13.2 Å². The molecular formula is C15H28O2. The Labute approximate surface area is 107 Å². The predicted molar refractivity (Wildman–Crippen MR) is 76.3 cm³/mol. The Balaban J connectivity index is 0. The third-order valence-corrected chi connectivity index (χ3v) is 2.11. The highest BCUT2D eigenvalue weighted by molar-refractivity contribution is 4.87. The quantitative estimate of drug-likeness (QED) is 0.672. The molecule has 0 radical (unpaired) electrons. The number of hydrogen-bond donors (Lipinski definition) is 0. The highest BCUT2D eigenvalue weighted by Gasteiger charge is 2.00. The monoisotopic (exact) mass is 240 g/mol. The van der Waals surface area contributed by atoms with Gasteiger partial charge < -0.3 is 9.47 Å². The lowest BCUT2D eigenvalue weighted by Gasteiger charge is -2.12. The normalized spacial score (nSPS) is 19.3. The molecule has 2 nitrogen and oxygen atoms in total. The summed E-state index contributed by atoms with van der Waals surface area (Å²) in [7, 11) is 0. The Morgan fingerprint density at radius 1 is 1.41 bits per heavy atom. The third kappa shape index (κ3) is 13.1. The largest absolute Gasteiger partial charge is 0.374 e. The van der Waals surface area contributed by atoms with Gasteiger partial charge in [-0.2, -0.15) is 0 Å². The summed E-state index contributed by atoms with van der Waals surface area (Å²) >= 11 is 0. The molecule has 0 bridgehead atoms. The molecule has 2 unspecified atom stereocenters. The summed E-state index contributed by atoms with van der Waals surface area (Å²) in [5, 5.41) is 0. The van der Waals surface area contributed by atoms with E-state index in [0.717, 1.165) is 19.4 Å². The fraction of sp³-hybridized carbons (Fsp3) is 0.600. The fourth-order valence-electron chi connectivity index (χ4n) is 1.18. The summed E-state index contributed by atoms with van der Waals surface area (Å²) in [6, 6.07) is 0. The number of rotatable bonds is 5. The molecule has 2 atom stereocenters. The summed E-state index contributed by atoms with van der Waals surface area (Å²) in [5.41, 5.74) is 0. The van der Waals surface area contributed by atoms with Crippen LogP contribution in [0.15, 0.2) is 37.5 Å². The first kappa shape index (κ1) is 18.5. The van der Waals surface area contributed by atoms with Crippen molar-refractivity contribution in [3.63, 3.8) is 0 Å². The first-order chi connectivity index (χ1) is 7.70. The molecule has 0 spiro atoms. The van der Waals surface area contributed by atoms with Gasteiger partial charge in [0, 0.05) is 0 Å². The number of ether oxygens (including phenoxy) is 2. The maximum Gasteiger partial charge on any atom is 0.0651 e. The molecule has 1 aliphatic rings. The highest BCUT2D eigenvalue weighted by Crippen LogP contribution is 2.03. The van der Waals surface area contributed by atoms with Gasteiger partial charge in [0.05, 0.1) is 25.4 Å². The summed E-state index contributed by atoms with van der Waals surface area (Å²) in [4.78, 5) is 0. The molecular weight excluding hydrogens is 212 g/mol. The van der Waals surface area contributed by atoms with Gasteiger partial charge in [-0.05, 0) is 26.7 Å². The van der Waals surface area contributed by atoms with Gasteiger partial charge in [0.15, 0.2) is 0 Å². The Hall–Kier alpha value is -0.860. The van der Waals surface area contributed by atoms with Gasteiger partial charge in [0.1, 0.15) is 0 Å². The predicted octanol–water partition coefficient (Wildman–Crippen LogP) is 4.14. The maximum absolute atomic E-state index is 5.24. The van der Waals surface area contributed by atoms with Crippen LogP contribution in [0.5, 0.6) is 0 Å². The van der Waals surface area contributed by atoms with E-state index in [-0.39, 0.29) is 13.5 Å². The van der Waals surface area contributed by atoms with E-state index < -0.39 is 0 Å². The van der Waals surface area contributed by atoms with E-state index in [2.05, 4.69) is 32.2 Å². The molecule has 1 heterocycles. The van der Waals surface area contributed by atoms with Crippen molar-refractivity contribution in [2.24, 2.45) is 0 Å². The van der Waals surface area contributed by atoms with Gasteiger partial charge in [-0.3, -0.25) is 0 Å². The maximum atomic E-state index is 5.24. The zero-order chi connectivity index (χ0) is 12.2. The molecule has 17 heavy (non-hydrogen) atoms. The minimum Gasteiger partial charge on any atom is -0.374 e. The topological polar surface area (TPSA) is 18.5 Å². The van der Waals surface area contributed by atoms with Crippen molar-refractivity contribution in [1.82, 2.24) is 0 Å². The van der Waals surface area contributed by atoms with Crippen molar-refractivity contribution in [1.29, 1.82) is 0 Å². The molecule has 0 N–H and O–H groups in total. The third-order valence-electron chi connectivity index (χ3n) is 2.11. The van der Waals surface area contributed by atoms with Crippen LogP contribution in [-0.4, -0.2) is 25.4 Å². The molecule has 0 aromatic heterocycles. The highest BCUT2D eigenvalue weighted by atomic mass is 16.5. The van der Waals surface area contributed by atoms with E-state index in [1.165, 1.54) is 0 Å². The van der Waals surface area contributed by atoms with Crippen LogP contribution in [0.4, 0.5) is 0 Å². The second kappa shape index (κ2) is 13.2. The molecule has 0 aliphatic carbocycles. The lowest BCUT2D eigenvalue weighted by molar-refractivity contribution is 0.0820. The van der Waals surface area contributed by atoms with Crippen molar-refractivity contribution < 1.29 is 9.47 Å². The summed E-state index contributed by atoms with van der Waals surface area (Å²) < 4.78 is 10.4. The van der Waals surface area contributed by atoms with Crippen LogP contribution in [0.1, 0.15) is 34.1 Å². The second-order valence-electron chi connectivity index (χ2n) is 3.81. The van der Waals surface area contributed by atoms with Crippen LogP contribution in [0, 0.1) is 0 Å². The van der Waals surface area contributed by atoms with Crippen LogP contribution < -0.4 is 0 Å². The lowest BCUT2D eigenvalue weighted by atomic mass is 10.2. The zero-order valence-electron chi connectivity index (χ0n) is 10.5. The Morgan fingerprint density at radius 2 is 2.12 bits per heavy atom. The minimum absolute atomic E-state index is 0. The SMILES string of the molecule is C.C=CCOC(C)CC=C.CC1CC=CCO1. The molecule has 1 aliphatic heterocycles. The Bertz CT molecular complexity index is 209. The summed E-state index contributed by atoms with van der Waals surface area (Å²) in [6.07, 6.45) is 10.5. The molecule has 100 valence electrons. The molecule has 0 fully saturated rings. The molecule has 0 aromatic carbocycles. The molecule has 2 heteroatoms. The van der Waals surface area contributed by atoms with Crippen molar-refractivity contribution in [2.45, 2.75) is 46.3 Å². The van der Waals surface area contributed by atoms with Gasteiger partial charge >= 0.3 is 0 Å². The molecule has 0 aromatic rings. The van der Waals surface area contributed by atoms with E-state index in [9.17, 15) is 0 Å². The van der Waals surface area contributed by atoms with E-state index in [1.807, 2.05) is 13.0 Å². The summed E-state index contributed by atoms with van der Waals surface area (Å²) in [6.45, 7) is 12.7. The van der Waals surface area contributed by atoms with E-state index >= 15 is 0 Å². The first-order valence-electron chi connectivity index (χ1n) is 5.80. The fourth-order valence-corrected chi connectivity index (χ4v) is 1.18. The summed E-state index contributed by atoms with van der Waals surface area (Å²) in [5.74, 6) is 0. The van der Waals surface area contributed by atoms with Gasteiger partial charge in [0.25, 0.3) is 0 Å². The van der Waals surface area contributed by atoms with E-state index in [0.29, 0.717) is 12.7 Å². The smallest absolute Gasteiger partial charge is 0.0651 e. The number of hydrogen-bond acceptors (Lipinski definition) is 2. The average molecular weight is 240 g/mol. The standard InChI is InChI=1S/C8H14O.C6H10O.CH4/c1-4-6-8(3)9-7-5-2;1-6-4-2-3-5-7-6;/h4-5,8H,1-2,6-7H2,3H3;2-3,6H,4-5H2,1H3;1H4. The van der Waals surface area contributed by atoms with Gasteiger partial charge in [-0.25, -0.2) is 0 Å². The average Bonchev–Trinajstić information content (AvgIpc) is 2.29. The molecule has 0 amide bonds. The van der Waals surface area contributed by atoms with Gasteiger partial charge in [-0.15, -0.1) is 13.2 Å². The molecule has 0 saturated heterocycles. The first-order valence-corrected chi connectivity index (χ1v) is 5.80. The minimum atomic E-state index is 0. The van der Waals surface area contributed by atoms with Crippen LogP contribution in [0.25, 0.3) is 0 Å². The van der Waals surface area contributed by atoms with Crippen molar-refractivity contribution in [3.05, 3.63) is 37.5 Å². The van der Waals surface area contributed by atoms with E-state index in [4.69, 9.17) is 9.47 Å². The second-order valence-corrected chi connectivity index (χ2v) is 3.81.